The van der Waals surface area contributed by atoms with E-state index >= 15 is 0 Å². The Labute approximate surface area is 142 Å². The monoisotopic (exact) mass is 309 g/mol. The molecule has 0 aliphatic rings. The maximum Gasteiger partial charge on any atom is -0.0207 e. The zero-order valence-corrected chi connectivity index (χ0v) is 16.8. The number of unbranched alkanes of at least 4 members (excludes halogenated alkanes) is 3. The SMILES string of the molecule is CCCC[C](CC)C(CC)C(CCC)(CCCC)CCCC. The van der Waals surface area contributed by atoms with E-state index in [0.717, 1.165) is 5.92 Å². The fourth-order valence-corrected chi connectivity index (χ4v) is 4.61. The quantitative estimate of drug-likeness (QED) is 0.285. The highest BCUT2D eigenvalue weighted by Gasteiger charge is 2.39. The molecule has 0 rings (SSSR count). The number of rotatable bonds is 15. The predicted octanol–water partition coefficient (Wildman–Crippen LogP) is 8.35. The summed E-state index contributed by atoms with van der Waals surface area (Å²) in [7, 11) is 0. The van der Waals surface area contributed by atoms with Crippen molar-refractivity contribution in [3.63, 3.8) is 0 Å². The normalized spacial score (nSPS) is 13.8. The first-order valence-corrected chi connectivity index (χ1v) is 10.5. The summed E-state index contributed by atoms with van der Waals surface area (Å²) in [6.45, 7) is 14.3. The standard InChI is InChI=1S/C22H45/c1-7-13-16-20(11-5)21(12-6)22(17-10-4,18-14-8-2)19-15-9-3/h21H,7-19H2,1-6H3. The van der Waals surface area contributed by atoms with Gasteiger partial charge in [-0.05, 0) is 49.4 Å². The lowest BCUT2D eigenvalue weighted by molar-refractivity contribution is 0.102. The maximum absolute atomic E-state index is 2.45. The molecule has 1 atom stereocenters. The second-order valence-electron chi connectivity index (χ2n) is 7.40. The second kappa shape index (κ2) is 13.4. The van der Waals surface area contributed by atoms with Crippen LogP contribution in [0.15, 0.2) is 0 Å². The highest BCUT2D eigenvalue weighted by atomic mass is 14.4. The lowest BCUT2D eigenvalue weighted by atomic mass is 9.60. The second-order valence-corrected chi connectivity index (χ2v) is 7.40. The van der Waals surface area contributed by atoms with E-state index in [2.05, 4.69) is 41.5 Å². The van der Waals surface area contributed by atoms with E-state index in [1.54, 1.807) is 0 Å². The van der Waals surface area contributed by atoms with Gasteiger partial charge < -0.3 is 0 Å². The van der Waals surface area contributed by atoms with Crippen molar-refractivity contribution >= 4 is 0 Å². The molecule has 0 aliphatic heterocycles. The van der Waals surface area contributed by atoms with Crippen LogP contribution in [0, 0.1) is 17.3 Å². The molecule has 1 unspecified atom stereocenters. The van der Waals surface area contributed by atoms with Crippen molar-refractivity contribution in [1.29, 1.82) is 0 Å². The van der Waals surface area contributed by atoms with Gasteiger partial charge in [-0.1, -0.05) is 92.9 Å². The Bertz CT molecular complexity index is 222. The third kappa shape index (κ3) is 7.05. The van der Waals surface area contributed by atoms with Crippen LogP contribution < -0.4 is 0 Å². The minimum absolute atomic E-state index is 0.606. The molecule has 1 radical (unpaired) electrons. The van der Waals surface area contributed by atoms with Crippen molar-refractivity contribution in [3.8, 4) is 0 Å². The Morgan fingerprint density at radius 1 is 0.682 bits per heavy atom. The topological polar surface area (TPSA) is 0 Å². The van der Waals surface area contributed by atoms with Crippen molar-refractivity contribution in [1.82, 2.24) is 0 Å². The zero-order valence-electron chi connectivity index (χ0n) is 16.8. The summed E-state index contributed by atoms with van der Waals surface area (Å²) in [5.74, 6) is 2.77. The molecule has 22 heavy (non-hydrogen) atoms. The Morgan fingerprint density at radius 3 is 1.59 bits per heavy atom. The van der Waals surface area contributed by atoms with Gasteiger partial charge >= 0.3 is 0 Å². The molecule has 0 aromatic heterocycles. The molecule has 0 aliphatic carbocycles. The minimum atomic E-state index is 0.606. The van der Waals surface area contributed by atoms with Crippen molar-refractivity contribution in [3.05, 3.63) is 5.92 Å². The lowest BCUT2D eigenvalue weighted by Gasteiger charge is -2.45. The van der Waals surface area contributed by atoms with Crippen LogP contribution in [0.1, 0.15) is 125 Å². The van der Waals surface area contributed by atoms with Gasteiger partial charge in [0.25, 0.3) is 0 Å². The van der Waals surface area contributed by atoms with E-state index in [-0.39, 0.29) is 0 Å². The molecule has 0 aromatic carbocycles. The van der Waals surface area contributed by atoms with Crippen LogP contribution in [0.4, 0.5) is 0 Å². The summed E-state index contributed by atoms with van der Waals surface area (Å²) in [6, 6.07) is 0. The van der Waals surface area contributed by atoms with Gasteiger partial charge in [-0.3, -0.25) is 0 Å². The summed E-state index contributed by atoms with van der Waals surface area (Å²) in [5.41, 5.74) is 0.606. The molecule has 0 N–H and O–H groups in total. The van der Waals surface area contributed by atoms with Crippen LogP contribution in [0.3, 0.4) is 0 Å². The van der Waals surface area contributed by atoms with Crippen LogP contribution in [-0.2, 0) is 0 Å². The van der Waals surface area contributed by atoms with Gasteiger partial charge in [0, 0.05) is 0 Å². The third-order valence-electron chi connectivity index (χ3n) is 5.75. The molecule has 0 bridgehead atoms. The lowest BCUT2D eigenvalue weighted by Crippen LogP contribution is -2.35. The zero-order chi connectivity index (χ0) is 16.8. The van der Waals surface area contributed by atoms with Crippen molar-refractivity contribution < 1.29 is 0 Å². The largest absolute Gasteiger partial charge is 0.0654 e. The van der Waals surface area contributed by atoms with E-state index < -0.39 is 0 Å². The smallest absolute Gasteiger partial charge is 0.0207 e. The summed E-state index contributed by atoms with van der Waals surface area (Å²) in [4.78, 5) is 0. The van der Waals surface area contributed by atoms with E-state index in [0.29, 0.717) is 5.41 Å². The van der Waals surface area contributed by atoms with Crippen LogP contribution in [0.5, 0.6) is 0 Å². The molecule has 0 fully saturated rings. The summed E-state index contributed by atoms with van der Waals surface area (Å²) in [6.07, 6.45) is 18.1. The van der Waals surface area contributed by atoms with Crippen LogP contribution in [-0.4, -0.2) is 0 Å². The fraction of sp³-hybridized carbons (Fsp3) is 0.955. The number of hydrogen-bond acceptors (Lipinski definition) is 0. The van der Waals surface area contributed by atoms with Gasteiger partial charge in [0.05, 0.1) is 0 Å². The maximum atomic E-state index is 2.45. The first kappa shape index (κ1) is 22.0. The molecule has 0 heterocycles. The fourth-order valence-electron chi connectivity index (χ4n) is 4.61. The Hall–Kier alpha value is 0. The molecule has 0 aromatic rings. The summed E-state index contributed by atoms with van der Waals surface area (Å²) >= 11 is 0. The van der Waals surface area contributed by atoms with Gasteiger partial charge in [-0.25, -0.2) is 0 Å². The Balaban J connectivity index is 5.30. The molecule has 0 spiro atoms. The van der Waals surface area contributed by atoms with Crippen LogP contribution in [0.2, 0.25) is 0 Å². The first-order valence-electron chi connectivity index (χ1n) is 10.5. The van der Waals surface area contributed by atoms with E-state index in [1.807, 2.05) is 5.92 Å². The van der Waals surface area contributed by atoms with E-state index in [1.165, 1.54) is 83.5 Å². The van der Waals surface area contributed by atoms with E-state index in [4.69, 9.17) is 0 Å². The molecule has 133 valence electrons. The van der Waals surface area contributed by atoms with Crippen LogP contribution >= 0.6 is 0 Å². The molecule has 0 heteroatoms. The summed E-state index contributed by atoms with van der Waals surface area (Å²) < 4.78 is 0. The number of hydrogen-bond donors (Lipinski definition) is 0. The Morgan fingerprint density at radius 2 is 1.23 bits per heavy atom. The average molecular weight is 310 g/mol. The highest BCUT2D eigenvalue weighted by Crippen LogP contribution is 2.50. The third-order valence-corrected chi connectivity index (χ3v) is 5.75. The van der Waals surface area contributed by atoms with Crippen molar-refractivity contribution in [2.75, 3.05) is 0 Å². The first-order chi connectivity index (χ1) is 10.7. The van der Waals surface area contributed by atoms with Crippen molar-refractivity contribution in [2.24, 2.45) is 11.3 Å². The van der Waals surface area contributed by atoms with Crippen molar-refractivity contribution in [2.45, 2.75) is 125 Å². The molecule has 0 nitrogen and oxygen atoms in total. The predicted molar refractivity (Wildman–Crippen MR) is 103 cm³/mol. The van der Waals surface area contributed by atoms with E-state index in [9.17, 15) is 0 Å². The summed E-state index contributed by atoms with van der Waals surface area (Å²) in [5, 5.41) is 0. The molecular formula is C22H45. The van der Waals surface area contributed by atoms with Gasteiger partial charge in [-0.2, -0.15) is 0 Å². The molecule has 0 saturated carbocycles. The van der Waals surface area contributed by atoms with Gasteiger partial charge in [0.1, 0.15) is 0 Å². The average Bonchev–Trinajstić information content (AvgIpc) is 2.54. The Kier molecular flexibility index (Phi) is 13.4. The van der Waals surface area contributed by atoms with Crippen LogP contribution in [0.25, 0.3) is 0 Å². The molecular weight excluding hydrogens is 264 g/mol. The molecule has 0 amide bonds. The minimum Gasteiger partial charge on any atom is -0.0654 e. The van der Waals surface area contributed by atoms with Gasteiger partial charge in [0.15, 0.2) is 0 Å². The van der Waals surface area contributed by atoms with Gasteiger partial charge in [0.2, 0.25) is 0 Å². The molecule has 0 saturated heterocycles. The van der Waals surface area contributed by atoms with Gasteiger partial charge in [-0.15, -0.1) is 0 Å². The highest BCUT2D eigenvalue weighted by molar-refractivity contribution is 5.03.